The topological polar surface area (TPSA) is 57.6 Å². The van der Waals surface area contributed by atoms with E-state index in [9.17, 15) is 9.59 Å². The molecule has 0 radical (unpaired) electrons. The average Bonchev–Trinajstić information content (AvgIpc) is 2.75. The summed E-state index contributed by atoms with van der Waals surface area (Å²) in [7, 11) is 0. The van der Waals surface area contributed by atoms with Crippen molar-refractivity contribution >= 4 is 45.8 Å². The maximum Gasteiger partial charge on any atom is 0.308 e. The second kappa shape index (κ2) is 5.56. The summed E-state index contributed by atoms with van der Waals surface area (Å²) in [6.07, 6.45) is 1.41. The van der Waals surface area contributed by atoms with Crippen LogP contribution in [0.25, 0.3) is 0 Å². The minimum atomic E-state index is -0.806. The first-order chi connectivity index (χ1) is 8.49. The average molecular weight is 379 g/mol. The zero-order valence-corrected chi connectivity index (χ0v) is 12.9. The van der Waals surface area contributed by atoms with Gasteiger partial charge in [-0.25, -0.2) is 0 Å². The molecule has 2 atom stereocenters. The predicted octanol–water partition coefficient (Wildman–Crippen LogP) is 2.68. The molecule has 0 saturated carbocycles. The summed E-state index contributed by atoms with van der Waals surface area (Å²) >= 11 is 3.71. The third-order valence-corrected chi connectivity index (χ3v) is 5.10. The van der Waals surface area contributed by atoms with Crippen molar-refractivity contribution in [3.05, 3.63) is 19.9 Å². The number of carboxylic acids is 1. The summed E-state index contributed by atoms with van der Waals surface area (Å²) < 4.78 is 1.07. The Bertz CT molecular complexity index is 474. The standard InChI is InChI=1S/C12H14INO3S/c1-7-2-3-8(12(16)17)5-14(7)11(15)9-4-10(13)18-6-9/h4,6-8H,2-3,5H2,1H3,(H,16,17). The summed E-state index contributed by atoms with van der Waals surface area (Å²) in [6.45, 7) is 2.30. The summed E-state index contributed by atoms with van der Waals surface area (Å²) in [5.74, 6) is -1.28. The highest BCUT2D eigenvalue weighted by Gasteiger charge is 2.33. The molecule has 2 unspecified atom stereocenters. The van der Waals surface area contributed by atoms with E-state index in [1.54, 1.807) is 4.90 Å². The summed E-state index contributed by atoms with van der Waals surface area (Å²) in [4.78, 5) is 25.1. The van der Waals surface area contributed by atoms with E-state index in [2.05, 4.69) is 22.6 Å². The van der Waals surface area contributed by atoms with E-state index < -0.39 is 11.9 Å². The summed E-state index contributed by atoms with van der Waals surface area (Å²) in [6, 6.07) is 1.97. The summed E-state index contributed by atoms with van der Waals surface area (Å²) in [5.41, 5.74) is 0.669. The number of hydrogen-bond acceptors (Lipinski definition) is 3. The van der Waals surface area contributed by atoms with E-state index in [0.29, 0.717) is 18.5 Å². The Kier molecular flexibility index (Phi) is 4.26. The van der Waals surface area contributed by atoms with Gasteiger partial charge in [0.05, 0.1) is 14.4 Å². The second-order valence-corrected chi connectivity index (χ2v) is 7.36. The molecule has 1 N–H and O–H groups in total. The molecule has 0 spiro atoms. The molecule has 4 nitrogen and oxygen atoms in total. The van der Waals surface area contributed by atoms with E-state index in [1.807, 2.05) is 18.4 Å². The third-order valence-electron chi connectivity index (χ3n) is 3.31. The van der Waals surface area contributed by atoms with Crippen molar-refractivity contribution in [2.45, 2.75) is 25.8 Å². The predicted molar refractivity (Wildman–Crippen MR) is 77.9 cm³/mol. The van der Waals surface area contributed by atoms with Crippen LogP contribution in [-0.2, 0) is 4.79 Å². The van der Waals surface area contributed by atoms with Crippen LogP contribution in [0.4, 0.5) is 0 Å². The van der Waals surface area contributed by atoms with Crippen LogP contribution >= 0.6 is 33.9 Å². The number of piperidine rings is 1. The fourth-order valence-electron chi connectivity index (χ4n) is 2.18. The van der Waals surface area contributed by atoms with Gasteiger partial charge in [0.15, 0.2) is 0 Å². The Morgan fingerprint density at radius 1 is 1.50 bits per heavy atom. The fraction of sp³-hybridized carbons (Fsp3) is 0.500. The number of aliphatic carboxylic acids is 1. The van der Waals surface area contributed by atoms with Gasteiger partial charge in [-0.2, -0.15) is 0 Å². The highest BCUT2D eigenvalue weighted by Crippen LogP contribution is 2.25. The van der Waals surface area contributed by atoms with Gasteiger partial charge in [0.2, 0.25) is 0 Å². The van der Waals surface area contributed by atoms with E-state index in [4.69, 9.17) is 5.11 Å². The van der Waals surface area contributed by atoms with Crippen molar-refractivity contribution in [2.75, 3.05) is 6.54 Å². The number of thiophene rings is 1. The van der Waals surface area contributed by atoms with Crippen molar-refractivity contribution in [2.24, 2.45) is 5.92 Å². The van der Waals surface area contributed by atoms with Gasteiger partial charge in [0.25, 0.3) is 5.91 Å². The first kappa shape index (κ1) is 13.8. The molecule has 0 bridgehead atoms. The van der Waals surface area contributed by atoms with Crippen LogP contribution in [0.2, 0.25) is 0 Å². The molecule has 1 aliphatic heterocycles. The van der Waals surface area contributed by atoms with Gasteiger partial charge in [-0.05, 0) is 48.4 Å². The van der Waals surface area contributed by atoms with Crippen LogP contribution in [0, 0.1) is 8.80 Å². The molecule has 2 heterocycles. The Balaban J connectivity index is 2.15. The normalized spacial score (nSPS) is 24.0. The van der Waals surface area contributed by atoms with Crippen molar-refractivity contribution < 1.29 is 14.7 Å². The molecule has 0 aromatic carbocycles. The zero-order chi connectivity index (χ0) is 13.3. The maximum absolute atomic E-state index is 12.3. The maximum atomic E-state index is 12.3. The monoisotopic (exact) mass is 379 g/mol. The minimum Gasteiger partial charge on any atom is -0.481 e. The van der Waals surface area contributed by atoms with Crippen LogP contribution < -0.4 is 0 Å². The van der Waals surface area contributed by atoms with E-state index in [-0.39, 0.29) is 11.9 Å². The van der Waals surface area contributed by atoms with Crippen LogP contribution in [0.3, 0.4) is 0 Å². The van der Waals surface area contributed by atoms with Crippen molar-refractivity contribution in [3.63, 3.8) is 0 Å². The second-order valence-electron chi connectivity index (χ2n) is 4.56. The number of rotatable bonds is 2. The molecule has 1 amide bonds. The van der Waals surface area contributed by atoms with E-state index in [1.165, 1.54) is 11.3 Å². The van der Waals surface area contributed by atoms with Crippen LogP contribution in [-0.4, -0.2) is 34.5 Å². The van der Waals surface area contributed by atoms with Gasteiger partial charge in [-0.15, -0.1) is 11.3 Å². The Morgan fingerprint density at radius 2 is 2.22 bits per heavy atom. The lowest BCUT2D eigenvalue weighted by molar-refractivity contribution is -0.143. The van der Waals surface area contributed by atoms with Gasteiger partial charge in [0.1, 0.15) is 0 Å². The number of hydrogen-bond donors (Lipinski definition) is 1. The van der Waals surface area contributed by atoms with Gasteiger partial charge in [-0.3, -0.25) is 9.59 Å². The molecular formula is C12H14INO3S. The number of nitrogens with zero attached hydrogens (tertiary/aromatic N) is 1. The highest BCUT2D eigenvalue weighted by molar-refractivity contribution is 14.1. The molecule has 1 aromatic rings. The van der Waals surface area contributed by atoms with Gasteiger partial charge in [-0.1, -0.05) is 0 Å². The lowest BCUT2D eigenvalue weighted by Crippen LogP contribution is -2.47. The Hall–Kier alpha value is -0.630. The number of carbonyl (C=O) groups is 2. The summed E-state index contributed by atoms with van der Waals surface area (Å²) in [5, 5.41) is 10.9. The van der Waals surface area contributed by atoms with Crippen molar-refractivity contribution in [3.8, 4) is 0 Å². The molecule has 18 heavy (non-hydrogen) atoms. The smallest absolute Gasteiger partial charge is 0.308 e. The van der Waals surface area contributed by atoms with E-state index in [0.717, 1.165) is 9.30 Å². The lowest BCUT2D eigenvalue weighted by Gasteiger charge is -2.36. The largest absolute Gasteiger partial charge is 0.481 e. The SMILES string of the molecule is CC1CCC(C(=O)O)CN1C(=O)c1csc(I)c1. The number of carboxylic acid groups (broad SMARTS) is 1. The van der Waals surface area contributed by atoms with Crippen LogP contribution in [0.5, 0.6) is 0 Å². The highest BCUT2D eigenvalue weighted by atomic mass is 127. The molecule has 1 fully saturated rings. The molecule has 1 aliphatic rings. The molecule has 2 rings (SSSR count). The van der Waals surface area contributed by atoms with Crippen LogP contribution in [0.1, 0.15) is 30.1 Å². The zero-order valence-electron chi connectivity index (χ0n) is 9.93. The van der Waals surface area contributed by atoms with Gasteiger partial charge >= 0.3 is 5.97 Å². The van der Waals surface area contributed by atoms with Crippen LogP contribution in [0.15, 0.2) is 11.4 Å². The molecule has 1 saturated heterocycles. The fourth-order valence-corrected chi connectivity index (χ4v) is 3.50. The molecular weight excluding hydrogens is 365 g/mol. The third kappa shape index (κ3) is 2.85. The quantitative estimate of drug-likeness (QED) is 0.804. The Morgan fingerprint density at radius 3 is 2.78 bits per heavy atom. The number of halogens is 1. The van der Waals surface area contributed by atoms with E-state index >= 15 is 0 Å². The van der Waals surface area contributed by atoms with Crippen molar-refractivity contribution in [1.82, 2.24) is 4.90 Å². The van der Waals surface area contributed by atoms with Gasteiger partial charge < -0.3 is 10.0 Å². The van der Waals surface area contributed by atoms with Gasteiger partial charge in [0, 0.05) is 18.0 Å². The van der Waals surface area contributed by atoms with Crippen molar-refractivity contribution in [1.29, 1.82) is 0 Å². The minimum absolute atomic E-state index is 0.0485. The number of likely N-dealkylation sites (tertiary alicyclic amines) is 1. The number of amides is 1. The molecule has 6 heteroatoms. The molecule has 98 valence electrons. The molecule has 0 aliphatic carbocycles. The molecule has 1 aromatic heterocycles. The first-order valence-corrected chi connectivity index (χ1v) is 7.72. The number of carbonyl (C=O) groups excluding carboxylic acids is 1. The first-order valence-electron chi connectivity index (χ1n) is 5.77. The Labute approximate surface area is 123 Å². The lowest BCUT2D eigenvalue weighted by atomic mass is 9.93.